The Morgan fingerprint density at radius 3 is 2.60 bits per heavy atom. The minimum Gasteiger partial charge on any atom is -0.444 e. The second-order valence-electron chi connectivity index (χ2n) is 6.60. The first-order valence-corrected chi connectivity index (χ1v) is 6.98. The first kappa shape index (κ1) is 14.8. The number of aldehydes is 1. The molecule has 1 spiro atoms. The van der Waals surface area contributed by atoms with Gasteiger partial charge in [-0.05, 0) is 33.6 Å². The fourth-order valence-electron chi connectivity index (χ4n) is 2.89. The third kappa shape index (κ3) is 2.78. The van der Waals surface area contributed by atoms with E-state index in [1.54, 1.807) is 9.80 Å². The van der Waals surface area contributed by atoms with Crippen LogP contribution in [0.3, 0.4) is 0 Å². The Hall–Kier alpha value is -1.59. The van der Waals surface area contributed by atoms with Crippen molar-refractivity contribution in [2.24, 2.45) is 5.41 Å². The molecule has 1 atom stereocenters. The SMILES string of the molecule is CC(C)(C)OC(=O)N1CCC2(CCN(CC=O)C2=O)C1. The summed E-state index contributed by atoms with van der Waals surface area (Å²) >= 11 is 0. The standard InChI is InChI=1S/C14H22N2O4/c1-13(2,3)20-12(19)16-7-5-14(10-16)4-6-15(8-9-17)11(14)18/h9H,4-8,10H2,1-3H3. The molecule has 0 aromatic carbocycles. The highest BCUT2D eigenvalue weighted by Gasteiger charge is 2.51. The molecule has 0 aromatic rings. The van der Waals surface area contributed by atoms with Crippen molar-refractivity contribution in [1.29, 1.82) is 0 Å². The number of nitrogens with zero attached hydrogens (tertiary/aromatic N) is 2. The molecule has 20 heavy (non-hydrogen) atoms. The van der Waals surface area contributed by atoms with Crippen LogP contribution in [-0.2, 0) is 14.3 Å². The minimum atomic E-state index is -0.532. The Balaban J connectivity index is 2.00. The first-order chi connectivity index (χ1) is 9.27. The minimum absolute atomic E-state index is 0.00402. The van der Waals surface area contributed by atoms with Crippen LogP contribution in [0.15, 0.2) is 0 Å². The molecule has 112 valence electrons. The van der Waals surface area contributed by atoms with Crippen molar-refractivity contribution in [3.05, 3.63) is 0 Å². The van der Waals surface area contributed by atoms with Crippen molar-refractivity contribution in [2.75, 3.05) is 26.2 Å². The Morgan fingerprint density at radius 1 is 1.35 bits per heavy atom. The molecule has 0 aromatic heterocycles. The van der Waals surface area contributed by atoms with E-state index in [0.29, 0.717) is 32.5 Å². The second-order valence-corrected chi connectivity index (χ2v) is 6.60. The van der Waals surface area contributed by atoms with Gasteiger partial charge in [0.15, 0.2) is 0 Å². The maximum atomic E-state index is 12.4. The zero-order chi connectivity index (χ0) is 15.0. The van der Waals surface area contributed by atoms with E-state index in [9.17, 15) is 14.4 Å². The molecular weight excluding hydrogens is 260 g/mol. The second kappa shape index (κ2) is 5.07. The van der Waals surface area contributed by atoms with Crippen LogP contribution in [0.1, 0.15) is 33.6 Å². The molecule has 2 rings (SSSR count). The van der Waals surface area contributed by atoms with E-state index in [1.807, 2.05) is 20.8 Å². The summed E-state index contributed by atoms with van der Waals surface area (Å²) in [5.41, 5.74) is -1.03. The zero-order valence-corrected chi connectivity index (χ0v) is 12.3. The van der Waals surface area contributed by atoms with Crippen molar-refractivity contribution in [2.45, 2.75) is 39.2 Å². The normalized spacial score (nSPS) is 26.4. The quantitative estimate of drug-likeness (QED) is 0.710. The van der Waals surface area contributed by atoms with Gasteiger partial charge in [0, 0.05) is 19.6 Å². The lowest BCUT2D eigenvalue weighted by Gasteiger charge is -2.26. The van der Waals surface area contributed by atoms with Gasteiger partial charge >= 0.3 is 6.09 Å². The van der Waals surface area contributed by atoms with Gasteiger partial charge in [-0.3, -0.25) is 4.79 Å². The summed E-state index contributed by atoms with van der Waals surface area (Å²) < 4.78 is 5.34. The van der Waals surface area contributed by atoms with Crippen LogP contribution in [-0.4, -0.2) is 59.9 Å². The molecule has 2 saturated heterocycles. The molecule has 1 unspecified atom stereocenters. The maximum Gasteiger partial charge on any atom is 0.410 e. The number of amides is 2. The van der Waals surface area contributed by atoms with E-state index in [-0.39, 0.29) is 18.5 Å². The van der Waals surface area contributed by atoms with Crippen molar-refractivity contribution >= 4 is 18.3 Å². The molecule has 6 heteroatoms. The molecule has 0 radical (unpaired) electrons. The van der Waals surface area contributed by atoms with Gasteiger partial charge in [0.1, 0.15) is 11.9 Å². The van der Waals surface area contributed by atoms with Gasteiger partial charge in [-0.15, -0.1) is 0 Å². The van der Waals surface area contributed by atoms with Crippen LogP contribution in [0.5, 0.6) is 0 Å². The number of carbonyl (C=O) groups is 3. The number of hydrogen-bond acceptors (Lipinski definition) is 4. The Bertz CT molecular complexity index is 429. The van der Waals surface area contributed by atoms with E-state index in [2.05, 4.69) is 0 Å². The third-order valence-electron chi connectivity index (χ3n) is 3.90. The molecule has 0 N–H and O–H groups in total. The van der Waals surface area contributed by atoms with Crippen LogP contribution < -0.4 is 0 Å². The Morgan fingerprint density at radius 2 is 2.00 bits per heavy atom. The fourth-order valence-corrected chi connectivity index (χ4v) is 2.89. The van der Waals surface area contributed by atoms with Crippen molar-refractivity contribution in [1.82, 2.24) is 9.80 Å². The van der Waals surface area contributed by atoms with E-state index in [4.69, 9.17) is 4.74 Å². The summed E-state index contributed by atoms with van der Waals surface area (Å²) in [5.74, 6) is -0.00402. The maximum absolute atomic E-state index is 12.4. The molecule has 2 aliphatic heterocycles. The van der Waals surface area contributed by atoms with Crippen molar-refractivity contribution in [3.63, 3.8) is 0 Å². The largest absolute Gasteiger partial charge is 0.444 e. The van der Waals surface area contributed by atoms with Gasteiger partial charge in [0.2, 0.25) is 5.91 Å². The summed E-state index contributed by atoms with van der Waals surface area (Å²) in [7, 11) is 0. The van der Waals surface area contributed by atoms with Gasteiger partial charge in [-0.25, -0.2) is 4.79 Å². The highest BCUT2D eigenvalue weighted by atomic mass is 16.6. The van der Waals surface area contributed by atoms with Gasteiger partial charge < -0.3 is 19.3 Å². The van der Waals surface area contributed by atoms with E-state index < -0.39 is 11.0 Å². The van der Waals surface area contributed by atoms with Crippen LogP contribution in [0.25, 0.3) is 0 Å². The predicted octanol–water partition coefficient (Wildman–Crippen LogP) is 1.04. The van der Waals surface area contributed by atoms with Gasteiger partial charge in [0.25, 0.3) is 0 Å². The van der Waals surface area contributed by atoms with Crippen LogP contribution in [0, 0.1) is 5.41 Å². The average molecular weight is 282 g/mol. The van der Waals surface area contributed by atoms with Crippen LogP contribution in [0.2, 0.25) is 0 Å². The van der Waals surface area contributed by atoms with Gasteiger partial charge in [-0.1, -0.05) is 0 Å². The molecule has 0 saturated carbocycles. The number of hydrogen-bond donors (Lipinski definition) is 0. The number of ether oxygens (including phenoxy) is 1. The molecular formula is C14H22N2O4. The highest BCUT2D eigenvalue weighted by Crippen LogP contribution is 2.40. The molecule has 0 bridgehead atoms. The predicted molar refractivity (Wildman–Crippen MR) is 72.1 cm³/mol. The molecule has 2 amide bonds. The average Bonchev–Trinajstić information content (AvgIpc) is 2.88. The van der Waals surface area contributed by atoms with Crippen molar-refractivity contribution < 1.29 is 19.1 Å². The molecule has 2 fully saturated rings. The summed E-state index contributed by atoms with van der Waals surface area (Å²) in [6.45, 7) is 7.15. The molecule has 2 heterocycles. The lowest BCUT2D eigenvalue weighted by Crippen LogP contribution is -2.40. The first-order valence-electron chi connectivity index (χ1n) is 6.98. The monoisotopic (exact) mass is 282 g/mol. The molecule has 0 aliphatic carbocycles. The smallest absolute Gasteiger partial charge is 0.410 e. The van der Waals surface area contributed by atoms with E-state index in [0.717, 1.165) is 6.29 Å². The zero-order valence-electron chi connectivity index (χ0n) is 12.3. The number of carbonyl (C=O) groups excluding carboxylic acids is 3. The topological polar surface area (TPSA) is 66.9 Å². The third-order valence-corrected chi connectivity index (χ3v) is 3.90. The highest BCUT2D eigenvalue weighted by molar-refractivity contribution is 5.87. The van der Waals surface area contributed by atoms with Gasteiger partial charge in [0.05, 0.1) is 12.0 Å². The summed E-state index contributed by atoms with van der Waals surface area (Å²) in [6, 6.07) is 0. The van der Waals surface area contributed by atoms with Crippen LogP contribution >= 0.6 is 0 Å². The fraction of sp³-hybridized carbons (Fsp3) is 0.786. The number of likely N-dealkylation sites (tertiary alicyclic amines) is 2. The number of rotatable bonds is 2. The lowest BCUT2D eigenvalue weighted by atomic mass is 9.85. The van der Waals surface area contributed by atoms with E-state index in [1.165, 1.54) is 0 Å². The summed E-state index contributed by atoms with van der Waals surface area (Å²) in [4.78, 5) is 38.1. The summed E-state index contributed by atoms with van der Waals surface area (Å²) in [5, 5.41) is 0. The van der Waals surface area contributed by atoms with Crippen LogP contribution in [0.4, 0.5) is 4.79 Å². The Labute approximate surface area is 119 Å². The van der Waals surface area contributed by atoms with Gasteiger partial charge in [-0.2, -0.15) is 0 Å². The molecule has 6 nitrogen and oxygen atoms in total. The van der Waals surface area contributed by atoms with Crippen molar-refractivity contribution in [3.8, 4) is 0 Å². The lowest BCUT2D eigenvalue weighted by molar-refractivity contribution is -0.136. The van der Waals surface area contributed by atoms with E-state index >= 15 is 0 Å². The Kier molecular flexibility index (Phi) is 3.75. The molecule has 2 aliphatic rings. The summed E-state index contributed by atoms with van der Waals surface area (Å²) in [6.07, 6.45) is 1.74.